The molecule has 0 bridgehead atoms. The minimum atomic E-state index is -0.150. The molecule has 1 N–H and O–H groups in total. The first-order chi connectivity index (χ1) is 13.5. The van der Waals surface area contributed by atoms with Crippen LogP contribution < -0.4 is 10.2 Å². The van der Waals surface area contributed by atoms with Gasteiger partial charge in [-0.05, 0) is 75.2 Å². The molecule has 28 heavy (non-hydrogen) atoms. The Kier molecular flexibility index (Phi) is 5.09. The van der Waals surface area contributed by atoms with Gasteiger partial charge in [-0.15, -0.1) is 0 Å². The lowest BCUT2D eigenvalue weighted by Gasteiger charge is -2.22. The Morgan fingerprint density at radius 3 is 2.39 bits per heavy atom. The largest absolute Gasteiger partial charge is 0.370 e. The van der Waals surface area contributed by atoms with Crippen molar-refractivity contribution in [2.75, 3.05) is 23.3 Å². The van der Waals surface area contributed by atoms with Gasteiger partial charge in [0.1, 0.15) is 0 Å². The molecule has 0 radical (unpaired) electrons. The molecule has 0 saturated carbocycles. The predicted octanol–water partition coefficient (Wildman–Crippen LogP) is 5.00. The molecule has 5 nitrogen and oxygen atoms in total. The zero-order valence-electron chi connectivity index (χ0n) is 16.1. The average Bonchev–Trinajstić information content (AvgIpc) is 3.31. The standard InChI is InChI=1S/C22H23ClN4O/c1-15-13-16(2)27(25-15)19-8-5-17(6-9-19)22(28)24-20-14-18(23)7-10-21(20)26-11-3-4-12-26/h5-10,13-14H,3-4,11-12H2,1-2H3,(H,24,28). The van der Waals surface area contributed by atoms with E-state index in [0.29, 0.717) is 10.6 Å². The third-order valence-corrected chi connectivity index (χ3v) is 5.27. The van der Waals surface area contributed by atoms with Gasteiger partial charge < -0.3 is 10.2 Å². The lowest BCUT2D eigenvalue weighted by molar-refractivity contribution is 0.102. The second-order valence-corrected chi connectivity index (χ2v) is 7.63. The van der Waals surface area contributed by atoms with Gasteiger partial charge in [-0.1, -0.05) is 11.6 Å². The van der Waals surface area contributed by atoms with Gasteiger partial charge in [-0.25, -0.2) is 4.68 Å². The summed E-state index contributed by atoms with van der Waals surface area (Å²) in [5.74, 6) is -0.150. The van der Waals surface area contributed by atoms with Gasteiger partial charge in [-0.2, -0.15) is 5.10 Å². The van der Waals surface area contributed by atoms with Crippen molar-refractivity contribution in [1.82, 2.24) is 9.78 Å². The van der Waals surface area contributed by atoms with E-state index in [9.17, 15) is 4.79 Å². The fourth-order valence-electron chi connectivity index (χ4n) is 3.68. The number of rotatable bonds is 4. The van der Waals surface area contributed by atoms with E-state index in [1.165, 1.54) is 12.8 Å². The van der Waals surface area contributed by atoms with Crippen molar-refractivity contribution in [1.29, 1.82) is 0 Å². The van der Waals surface area contributed by atoms with Crippen LogP contribution in [0, 0.1) is 13.8 Å². The number of hydrogen-bond donors (Lipinski definition) is 1. The van der Waals surface area contributed by atoms with Gasteiger partial charge in [0.25, 0.3) is 5.91 Å². The first-order valence-corrected chi connectivity index (χ1v) is 9.88. The normalized spacial score (nSPS) is 13.8. The van der Waals surface area contributed by atoms with Crippen LogP contribution in [0.25, 0.3) is 5.69 Å². The number of aromatic nitrogens is 2. The van der Waals surface area contributed by atoms with Gasteiger partial charge in [0.2, 0.25) is 0 Å². The third kappa shape index (κ3) is 3.76. The summed E-state index contributed by atoms with van der Waals surface area (Å²) in [6.45, 7) is 5.98. The summed E-state index contributed by atoms with van der Waals surface area (Å²) in [7, 11) is 0. The maximum Gasteiger partial charge on any atom is 0.255 e. The van der Waals surface area contributed by atoms with Gasteiger partial charge in [-0.3, -0.25) is 4.79 Å². The lowest BCUT2D eigenvalue weighted by atomic mass is 10.1. The Labute approximate surface area is 169 Å². The number of carbonyl (C=O) groups excluding carboxylic acids is 1. The van der Waals surface area contributed by atoms with Gasteiger partial charge >= 0.3 is 0 Å². The highest BCUT2D eigenvalue weighted by Crippen LogP contribution is 2.32. The highest BCUT2D eigenvalue weighted by atomic mass is 35.5. The number of nitrogens with zero attached hydrogens (tertiary/aromatic N) is 3. The number of hydrogen-bond acceptors (Lipinski definition) is 3. The summed E-state index contributed by atoms with van der Waals surface area (Å²) < 4.78 is 1.87. The Bertz CT molecular complexity index is 1000. The van der Waals surface area contributed by atoms with Crippen molar-refractivity contribution in [2.45, 2.75) is 26.7 Å². The van der Waals surface area contributed by atoms with Crippen LogP contribution in [0.2, 0.25) is 5.02 Å². The molecule has 0 atom stereocenters. The Morgan fingerprint density at radius 1 is 1.04 bits per heavy atom. The molecular formula is C22H23ClN4O. The topological polar surface area (TPSA) is 50.2 Å². The Balaban J connectivity index is 1.56. The molecular weight excluding hydrogens is 372 g/mol. The van der Waals surface area contributed by atoms with E-state index in [-0.39, 0.29) is 5.91 Å². The molecule has 1 saturated heterocycles. The predicted molar refractivity (Wildman–Crippen MR) is 114 cm³/mol. The Hall–Kier alpha value is -2.79. The van der Waals surface area contributed by atoms with E-state index in [1.54, 1.807) is 0 Å². The molecule has 3 aromatic rings. The van der Waals surface area contributed by atoms with Crippen molar-refractivity contribution in [3.05, 3.63) is 70.5 Å². The zero-order valence-corrected chi connectivity index (χ0v) is 16.8. The molecule has 0 unspecified atom stereocenters. The molecule has 1 fully saturated rings. The molecule has 4 rings (SSSR count). The van der Waals surface area contributed by atoms with E-state index in [0.717, 1.165) is 41.5 Å². The molecule has 1 aliphatic heterocycles. The fraction of sp³-hybridized carbons (Fsp3) is 0.273. The second kappa shape index (κ2) is 7.68. The third-order valence-electron chi connectivity index (χ3n) is 5.04. The number of halogens is 1. The maximum atomic E-state index is 12.8. The van der Waals surface area contributed by atoms with Crippen LogP contribution in [0.5, 0.6) is 0 Å². The van der Waals surface area contributed by atoms with E-state index in [1.807, 2.05) is 67.1 Å². The van der Waals surface area contributed by atoms with E-state index in [2.05, 4.69) is 15.3 Å². The van der Waals surface area contributed by atoms with Crippen molar-refractivity contribution in [3.8, 4) is 5.69 Å². The molecule has 0 spiro atoms. The fourth-order valence-corrected chi connectivity index (χ4v) is 3.85. The van der Waals surface area contributed by atoms with Crippen molar-refractivity contribution >= 4 is 28.9 Å². The van der Waals surface area contributed by atoms with Gasteiger partial charge in [0.05, 0.1) is 22.8 Å². The van der Waals surface area contributed by atoms with E-state index in [4.69, 9.17) is 11.6 Å². The monoisotopic (exact) mass is 394 g/mol. The highest BCUT2D eigenvalue weighted by molar-refractivity contribution is 6.31. The minimum Gasteiger partial charge on any atom is -0.370 e. The number of anilines is 2. The smallest absolute Gasteiger partial charge is 0.255 e. The van der Waals surface area contributed by atoms with Crippen molar-refractivity contribution in [2.24, 2.45) is 0 Å². The number of aryl methyl sites for hydroxylation is 2. The molecule has 1 aromatic heterocycles. The molecule has 0 aliphatic carbocycles. The molecule has 1 amide bonds. The summed E-state index contributed by atoms with van der Waals surface area (Å²) in [5, 5.41) is 8.13. The van der Waals surface area contributed by atoms with Crippen LogP contribution in [0.1, 0.15) is 34.6 Å². The first-order valence-electron chi connectivity index (χ1n) is 9.51. The van der Waals surface area contributed by atoms with Crippen LogP contribution in [0.15, 0.2) is 48.5 Å². The van der Waals surface area contributed by atoms with Gasteiger partial charge in [0.15, 0.2) is 0 Å². The number of amides is 1. The SMILES string of the molecule is Cc1cc(C)n(-c2ccc(C(=O)Nc3cc(Cl)ccc3N3CCCC3)cc2)n1. The summed E-state index contributed by atoms with van der Waals surface area (Å²) >= 11 is 6.18. The minimum absolute atomic E-state index is 0.150. The van der Waals surface area contributed by atoms with Crippen molar-refractivity contribution < 1.29 is 4.79 Å². The molecule has 6 heteroatoms. The number of carbonyl (C=O) groups is 1. The quantitative estimate of drug-likeness (QED) is 0.677. The first kappa shape index (κ1) is 18.6. The van der Waals surface area contributed by atoms with E-state index < -0.39 is 0 Å². The van der Waals surface area contributed by atoms with E-state index >= 15 is 0 Å². The second-order valence-electron chi connectivity index (χ2n) is 7.20. The van der Waals surface area contributed by atoms with Crippen LogP contribution in [-0.4, -0.2) is 28.8 Å². The Morgan fingerprint density at radius 2 is 1.75 bits per heavy atom. The summed E-state index contributed by atoms with van der Waals surface area (Å²) in [6.07, 6.45) is 2.34. The summed E-state index contributed by atoms with van der Waals surface area (Å²) in [5.41, 5.74) is 5.33. The molecule has 2 aromatic carbocycles. The van der Waals surface area contributed by atoms with Crippen LogP contribution in [0.4, 0.5) is 11.4 Å². The maximum absolute atomic E-state index is 12.8. The van der Waals surface area contributed by atoms with Gasteiger partial charge in [0, 0.05) is 29.4 Å². The molecule has 2 heterocycles. The molecule has 144 valence electrons. The van der Waals surface area contributed by atoms with Crippen molar-refractivity contribution in [3.63, 3.8) is 0 Å². The van der Waals surface area contributed by atoms with Crippen LogP contribution in [-0.2, 0) is 0 Å². The average molecular weight is 395 g/mol. The number of benzene rings is 2. The summed E-state index contributed by atoms with van der Waals surface area (Å²) in [6, 6.07) is 15.2. The summed E-state index contributed by atoms with van der Waals surface area (Å²) in [4.78, 5) is 15.1. The van der Waals surface area contributed by atoms with Crippen LogP contribution in [0.3, 0.4) is 0 Å². The highest BCUT2D eigenvalue weighted by Gasteiger charge is 2.18. The molecule has 1 aliphatic rings. The lowest BCUT2D eigenvalue weighted by Crippen LogP contribution is -2.21. The van der Waals surface area contributed by atoms with Crippen LogP contribution >= 0.6 is 11.6 Å². The zero-order chi connectivity index (χ0) is 19.7. The number of nitrogens with one attached hydrogen (secondary N) is 1.